The molecule has 27 heavy (non-hydrogen) atoms. The summed E-state index contributed by atoms with van der Waals surface area (Å²) in [6.45, 7) is 0.675. The summed E-state index contributed by atoms with van der Waals surface area (Å²) < 4.78 is 1.72. The predicted octanol–water partition coefficient (Wildman–Crippen LogP) is 3.37. The molecule has 1 heterocycles. The average molecular weight is 382 g/mol. The molecule has 136 valence electrons. The van der Waals surface area contributed by atoms with Gasteiger partial charge in [0.05, 0.1) is 16.8 Å². The number of carboxylic acids is 1. The highest BCUT2D eigenvalue weighted by atomic mass is 35.5. The number of aromatic hydroxyl groups is 1. The first-order valence-electron chi connectivity index (χ1n) is 8.24. The number of hydrogen-bond acceptors (Lipinski definition) is 4. The van der Waals surface area contributed by atoms with E-state index in [-0.39, 0.29) is 11.3 Å². The van der Waals surface area contributed by atoms with Crippen molar-refractivity contribution in [2.75, 3.05) is 0 Å². The van der Waals surface area contributed by atoms with Gasteiger partial charge in [-0.25, -0.2) is 4.79 Å². The highest BCUT2D eigenvalue weighted by Crippen LogP contribution is 2.21. The Morgan fingerprint density at radius 2 is 1.93 bits per heavy atom. The van der Waals surface area contributed by atoms with Crippen LogP contribution in [0.5, 0.6) is 5.75 Å². The number of carboxylic acid groups (broad SMARTS) is 1. The van der Waals surface area contributed by atoms with Gasteiger partial charge in [0.1, 0.15) is 5.75 Å². The average Bonchev–Trinajstić information content (AvgIpc) is 3.15. The van der Waals surface area contributed by atoms with Gasteiger partial charge in [0.15, 0.2) is 0 Å². The third-order valence-corrected chi connectivity index (χ3v) is 4.25. The van der Waals surface area contributed by atoms with Gasteiger partial charge in [0, 0.05) is 23.9 Å². The summed E-state index contributed by atoms with van der Waals surface area (Å²) in [4.78, 5) is 11.3. The van der Waals surface area contributed by atoms with E-state index >= 15 is 0 Å². The molecular formula is C20H16ClN3O3. The molecule has 2 aromatic carbocycles. The zero-order valence-electron chi connectivity index (χ0n) is 14.3. The zero-order valence-corrected chi connectivity index (χ0v) is 15.0. The van der Waals surface area contributed by atoms with E-state index in [9.17, 15) is 15.0 Å². The lowest BCUT2D eigenvalue weighted by atomic mass is 9.99. The molecular weight excluding hydrogens is 366 g/mol. The molecule has 0 radical (unpaired) electrons. The normalized spacial score (nSPS) is 10.3. The van der Waals surface area contributed by atoms with Crippen LogP contribution >= 0.6 is 11.6 Å². The van der Waals surface area contributed by atoms with Crippen LogP contribution in [-0.2, 0) is 13.0 Å². The molecule has 0 bridgehead atoms. The first-order chi connectivity index (χ1) is 13.0. The highest BCUT2D eigenvalue weighted by molar-refractivity contribution is 6.31. The Bertz CT molecular complexity index is 1020. The lowest BCUT2D eigenvalue weighted by molar-refractivity contribution is 0.0696. The van der Waals surface area contributed by atoms with Crippen molar-refractivity contribution in [3.05, 3.63) is 76.1 Å². The van der Waals surface area contributed by atoms with Crippen LogP contribution in [0, 0.1) is 11.8 Å². The first-order valence-corrected chi connectivity index (χ1v) is 8.61. The van der Waals surface area contributed by atoms with Crippen molar-refractivity contribution in [3.63, 3.8) is 0 Å². The van der Waals surface area contributed by atoms with E-state index in [0.29, 0.717) is 23.6 Å². The summed E-state index contributed by atoms with van der Waals surface area (Å²) in [6, 6.07) is 9.47. The molecule has 0 aliphatic carbocycles. The van der Waals surface area contributed by atoms with Crippen LogP contribution in [-0.4, -0.2) is 31.2 Å². The molecule has 2 N–H and O–H groups in total. The van der Waals surface area contributed by atoms with Crippen molar-refractivity contribution in [2.24, 2.45) is 0 Å². The second kappa shape index (κ2) is 8.39. The molecule has 0 amide bonds. The van der Waals surface area contributed by atoms with Gasteiger partial charge in [0.25, 0.3) is 0 Å². The predicted molar refractivity (Wildman–Crippen MR) is 101 cm³/mol. The van der Waals surface area contributed by atoms with Crippen molar-refractivity contribution in [1.29, 1.82) is 0 Å². The molecule has 0 aliphatic heterocycles. The highest BCUT2D eigenvalue weighted by Gasteiger charge is 2.08. The Balaban J connectivity index is 1.85. The largest absolute Gasteiger partial charge is 0.508 e. The fourth-order valence-electron chi connectivity index (χ4n) is 2.58. The van der Waals surface area contributed by atoms with Crippen molar-refractivity contribution < 1.29 is 15.0 Å². The Morgan fingerprint density at radius 1 is 1.15 bits per heavy atom. The number of nitrogens with zero attached hydrogens (tertiary/aromatic N) is 3. The fourth-order valence-corrected chi connectivity index (χ4v) is 2.80. The number of carbonyl (C=O) groups is 1. The van der Waals surface area contributed by atoms with E-state index < -0.39 is 5.97 Å². The minimum atomic E-state index is -0.978. The molecule has 3 rings (SSSR count). The number of rotatable bonds is 5. The number of phenols is 1. The molecule has 3 aromatic rings. The SMILES string of the molecule is O=C(O)c1ccc(C#Cc2ccc(O)cc2Cl)c(CCCn2ccnn2)c1. The van der Waals surface area contributed by atoms with E-state index in [1.165, 1.54) is 18.2 Å². The Hall–Kier alpha value is -3.30. The molecule has 7 heteroatoms. The van der Waals surface area contributed by atoms with E-state index in [0.717, 1.165) is 17.5 Å². The summed E-state index contributed by atoms with van der Waals surface area (Å²) >= 11 is 6.09. The summed E-state index contributed by atoms with van der Waals surface area (Å²) in [6.07, 6.45) is 4.81. The molecule has 0 unspecified atom stereocenters. The third-order valence-electron chi connectivity index (χ3n) is 3.94. The van der Waals surface area contributed by atoms with E-state index in [1.54, 1.807) is 35.3 Å². The smallest absolute Gasteiger partial charge is 0.335 e. The van der Waals surface area contributed by atoms with Gasteiger partial charge in [-0.05, 0) is 54.8 Å². The number of aryl methyl sites for hydroxylation is 2. The lowest BCUT2D eigenvalue weighted by Gasteiger charge is -2.07. The van der Waals surface area contributed by atoms with Crippen molar-refractivity contribution >= 4 is 17.6 Å². The first kappa shape index (κ1) is 18.5. The monoisotopic (exact) mass is 381 g/mol. The summed E-state index contributed by atoms with van der Waals surface area (Å²) in [7, 11) is 0. The maximum atomic E-state index is 11.3. The van der Waals surface area contributed by atoms with Gasteiger partial charge in [-0.3, -0.25) is 4.68 Å². The number of hydrogen-bond donors (Lipinski definition) is 2. The van der Waals surface area contributed by atoms with Crippen molar-refractivity contribution in [1.82, 2.24) is 15.0 Å². The third kappa shape index (κ3) is 4.87. The minimum Gasteiger partial charge on any atom is -0.508 e. The van der Waals surface area contributed by atoms with E-state index in [2.05, 4.69) is 22.2 Å². The van der Waals surface area contributed by atoms with Crippen LogP contribution in [0.25, 0.3) is 0 Å². The number of benzene rings is 2. The standard InChI is InChI=1S/C20H16ClN3O3/c21-19-13-18(25)8-7-15(19)5-3-14-4-6-17(20(26)27)12-16(14)2-1-10-24-11-9-22-23-24/h4,6-9,11-13,25H,1-2,10H2,(H,26,27). The number of aromatic nitrogens is 3. The second-order valence-corrected chi connectivity index (χ2v) is 6.27. The maximum absolute atomic E-state index is 11.3. The van der Waals surface area contributed by atoms with Crippen LogP contribution in [0.4, 0.5) is 0 Å². The Labute approximate surface area is 161 Å². The minimum absolute atomic E-state index is 0.0742. The Morgan fingerprint density at radius 3 is 2.63 bits per heavy atom. The summed E-state index contributed by atoms with van der Waals surface area (Å²) in [5.74, 6) is 5.13. The van der Waals surface area contributed by atoms with Crippen LogP contribution in [0.15, 0.2) is 48.8 Å². The van der Waals surface area contributed by atoms with Crippen LogP contribution in [0.2, 0.25) is 5.02 Å². The van der Waals surface area contributed by atoms with Gasteiger partial charge in [-0.15, -0.1) is 5.10 Å². The van der Waals surface area contributed by atoms with Gasteiger partial charge in [0.2, 0.25) is 0 Å². The summed E-state index contributed by atoms with van der Waals surface area (Å²) in [5.41, 5.74) is 2.39. The van der Waals surface area contributed by atoms with Crippen LogP contribution in [0.1, 0.15) is 33.5 Å². The molecule has 1 aromatic heterocycles. The molecule has 0 saturated heterocycles. The molecule has 0 spiro atoms. The van der Waals surface area contributed by atoms with Gasteiger partial charge >= 0.3 is 5.97 Å². The van der Waals surface area contributed by atoms with E-state index in [4.69, 9.17) is 11.6 Å². The second-order valence-electron chi connectivity index (χ2n) is 5.86. The zero-order chi connectivity index (χ0) is 19.2. The van der Waals surface area contributed by atoms with Gasteiger partial charge in [-0.1, -0.05) is 28.7 Å². The quantitative estimate of drug-likeness (QED) is 0.661. The molecule has 0 aliphatic rings. The fraction of sp³-hybridized carbons (Fsp3) is 0.150. The van der Waals surface area contributed by atoms with E-state index in [1.807, 2.05) is 0 Å². The lowest BCUT2D eigenvalue weighted by Crippen LogP contribution is -2.03. The molecule has 0 saturated carbocycles. The number of phenolic OH excluding ortho intramolecular Hbond substituents is 1. The summed E-state index contributed by atoms with van der Waals surface area (Å²) in [5, 5.41) is 26.7. The van der Waals surface area contributed by atoms with Crippen molar-refractivity contribution in [3.8, 4) is 17.6 Å². The molecule has 0 fully saturated rings. The maximum Gasteiger partial charge on any atom is 0.335 e. The molecule has 0 atom stereocenters. The van der Waals surface area contributed by atoms with Gasteiger partial charge < -0.3 is 10.2 Å². The van der Waals surface area contributed by atoms with Gasteiger partial charge in [-0.2, -0.15) is 0 Å². The molecule has 6 nitrogen and oxygen atoms in total. The van der Waals surface area contributed by atoms with Crippen LogP contribution in [0.3, 0.4) is 0 Å². The topological polar surface area (TPSA) is 88.2 Å². The van der Waals surface area contributed by atoms with Crippen LogP contribution < -0.4 is 0 Å². The number of aromatic carboxylic acids is 1. The Kier molecular flexibility index (Phi) is 5.74. The van der Waals surface area contributed by atoms with Crippen molar-refractivity contribution in [2.45, 2.75) is 19.4 Å². The number of halogens is 1.